The Morgan fingerprint density at radius 2 is 2.04 bits per heavy atom. The first-order valence-electron chi connectivity index (χ1n) is 7.45. The molecular formula is C15H17N5O5. The predicted molar refractivity (Wildman–Crippen MR) is 87.3 cm³/mol. The molecule has 1 aromatic carbocycles. The summed E-state index contributed by atoms with van der Waals surface area (Å²) in [5.41, 5.74) is 0.642. The van der Waals surface area contributed by atoms with E-state index in [2.05, 4.69) is 15.6 Å². The second-order valence-corrected chi connectivity index (χ2v) is 5.59. The molecule has 2 unspecified atom stereocenters. The fraction of sp³-hybridized carbons (Fsp3) is 0.333. The molecule has 25 heavy (non-hydrogen) atoms. The molecule has 10 nitrogen and oxygen atoms in total. The zero-order valence-corrected chi connectivity index (χ0v) is 13.6. The molecule has 0 bridgehead atoms. The summed E-state index contributed by atoms with van der Waals surface area (Å²) in [6.45, 7) is -0.432. The highest BCUT2D eigenvalue weighted by atomic mass is 16.5. The molecule has 10 heteroatoms. The zero-order valence-electron chi connectivity index (χ0n) is 13.6. The van der Waals surface area contributed by atoms with Gasteiger partial charge in [0, 0.05) is 12.7 Å². The maximum Gasteiger partial charge on any atom is 0.325 e. The van der Waals surface area contributed by atoms with Crippen LogP contribution in [-0.2, 0) is 9.59 Å². The molecule has 3 rings (SSSR count). The van der Waals surface area contributed by atoms with Crippen molar-refractivity contribution in [3.63, 3.8) is 0 Å². The number of carbonyl (C=O) groups excluding carboxylic acids is 2. The van der Waals surface area contributed by atoms with E-state index in [1.807, 2.05) is 0 Å². The van der Waals surface area contributed by atoms with Gasteiger partial charge in [0.1, 0.15) is 12.3 Å². The molecule has 132 valence electrons. The van der Waals surface area contributed by atoms with E-state index < -0.39 is 36.7 Å². The third-order valence-electron chi connectivity index (χ3n) is 4.01. The lowest BCUT2D eigenvalue weighted by molar-refractivity contribution is -0.138. The van der Waals surface area contributed by atoms with Crippen LogP contribution in [0.1, 0.15) is 0 Å². The number of rotatable bonds is 4. The summed E-state index contributed by atoms with van der Waals surface area (Å²) in [6.07, 6.45) is -0.790. The van der Waals surface area contributed by atoms with Crippen LogP contribution in [0.3, 0.4) is 0 Å². The van der Waals surface area contributed by atoms with Crippen LogP contribution < -0.4 is 15.4 Å². The molecule has 3 N–H and O–H groups in total. The van der Waals surface area contributed by atoms with Gasteiger partial charge in [0.05, 0.1) is 7.11 Å². The Balaban J connectivity index is 1.89. The van der Waals surface area contributed by atoms with E-state index >= 15 is 0 Å². The van der Waals surface area contributed by atoms with Crippen molar-refractivity contribution in [2.75, 3.05) is 26.0 Å². The number of aliphatic carboxylic acids is 1. The van der Waals surface area contributed by atoms with Gasteiger partial charge in [0.25, 0.3) is 5.91 Å². The predicted octanol–water partition coefficient (Wildman–Crippen LogP) is -0.260. The topological polar surface area (TPSA) is 124 Å². The van der Waals surface area contributed by atoms with Crippen molar-refractivity contribution >= 4 is 29.6 Å². The number of anilines is 1. The minimum atomic E-state index is -1.11. The normalized spacial score (nSPS) is 22.2. The van der Waals surface area contributed by atoms with E-state index in [-0.39, 0.29) is 5.96 Å². The molecule has 1 aromatic rings. The Labute approximate surface area is 143 Å². The lowest BCUT2D eigenvalue weighted by Gasteiger charge is -2.35. The van der Waals surface area contributed by atoms with Crippen molar-refractivity contribution in [2.45, 2.75) is 12.2 Å². The molecule has 0 radical (unpaired) electrons. The number of hydrogen-bond acceptors (Lipinski definition) is 7. The average Bonchev–Trinajstić information content (AvgIpc) is 2.92. The number of aliphatic imine (C=N–C) groups is 1. The van der Waals surface area contributed by atoms with Gasteiger partial charge in [0.15, 0.2) is 12.2 Å². The van der Waals surface area contributed by atoms with Gasteiger partial charge in [-0.05, 0) is 24.3 Å². The summed E-state index contributed by atoms with van der Waals surface area (Å²) in [5, 5.41) is 14.4. The van der Waals surface area contributed by atoms with Crippen molar-refractivity contribution in [1.82, 2.24) is 15.1 Å². The number of benzene rings is 1. The average molecular weight is 347 g/mol. The monoisotopic (exact) mass is 347 g/mol. The van der Waals surface area contributed by atoms with Gasteiger partial charge in [-0.2, -0.15) is 0 Å². The number of likely N-dealkylation sites (N-methyl/N-ethyl adjacent to an activating group) is 1. The van der Waals surface area contributed by atoms with E-state index in [0.29, 0.717) is 11.4 Å². The van der Waals surface area contributed by atoms with E-state index in [4.69, 9.17) is 9.84 Å². The minimum absolute atomic E-state index is 0.208. The molecular weight excluding hydrogens is 330 g/mol. The van der Waals surface area contributed by atoms with Crippen LogP contribution in [0.25, 0.3) is 0 Å². The molecule has 0 aromatic heterocycles. The van der Waals surface area contributed by atoms with Crippen molar-refractivity contribution in [3.05, 3.63) is 24.3 Å². The molecule has 2 heterocycles. The number of carboxylic acids is 1. The number of urea groups is 1. The van der Waals surface area contributed by atoms with E-state index in [1.165, 1.54) is 16.8 Å². The zero-order chi connectivity index (χ0) is 18.1. The van der Waals surface area contributed by atoms with Crippen molar-refractivity contribution in [3.8, 4) is 5.75 Å². The third kappa shape index (κ3) is 3.05. The number of nitrogens with one attached hydrogen (secondary N) is 2. The Hall–Kier alpha value is -3.30. The highest BCUT2D eigenvalue weighted by Gasteiger charge is 2.49. The minimum Gasteiger partial charge on any atom is -0.497 e. The number of ether oxygens (including phenoxy) is 1. The summed E-state index contributed by atoms with van der Waals surface area (Å²) in [7, 11) is 3.05. The number of fused-ring (bicyclic) bond motifs is 1. The Bertz CT molecular complexity index is 747. The largest absolute Gasteiger partial charge is 0.497 e. The van der Waals surface area contributed by atoms with Gasteiger partial charge < -0.3 is 25.0 Å². The van der Waals surface area contributed by atoms with Crippen LogP contribution in [0.5, 0.6) is 5.75 Å². The van der Waals surface area contributed by atoms with E-state index in [1.54, 1.807) is 31.4 Å². The van der Waals surface area contributed by atoms with Crippen molar-refractivity contribution in [1.29, 1.82) is 0 Å². The van der Waals surface area contributed by atoms with Crippen LogP contribution in [0.2, 0.25) is 0 Å². The van der Waals surface area contributed by atoms with Crippen molar-refractivity contribution in [2.24, 2.45) is 4.99 Å². The van der Waals surface area contributed by atoms with Gasteiger partial charge in [-0.15, -0.1) is 0 Å². The number of imide groups is 1. The Morgan fingerprint density at radius 1 is 1.36 bits per heavy atom. The van der Waals surface area contributed by atoms with E-state index in [0.717, 1.165) is 0 Å². The molecule has 1 saturated heterocycles. The smallest absolute Gasteiger partial charge is 0.325 e. The number of methoxy groups -OCH3 is 1. The summed E-state index contributed by atoms with van der Waals surface area (Å²) < 4.78 is 5.09. The van der Waals surface area contributed by atoms with Gasteiger partial charge >= 0.3 is 12.0 Å². The molecule has 0 spiro atoms. The molecule has 3 amide bonds. The van der Waals surface area contributed by atoms with Crippen LogP contribution >= 0.6 is 0 Å². The maximum atomic E-state index is 12.2. The fourth-order valence-corrected chi connectivity index (χ4v) is 2.75. The molecule has 2 aliphatic rings. The fourth-order valence-electron chi connectivity index (χ4n) is 2.75. The number of amides is 3. The van der Waals surface area contributed by atoms with Crippen LogP contribution in [0.4, 0.5) is 10.5 Å². The summed E-state index contributed by atoms with van der Waals surface area (Å²) in [5.74, 6) is -0.819. The number of hydrogen-bond donors (Lipinski definition) is 3. The van der Waals surface area contributed by atoms with Gasteiger partial charge in [-0.25, -0.2) is 9.79 Å². The van der Waals surface area contributed by atoms with Crippen LogP contribution in [0, 0.1) is 0 Å². The summed E-state index contributed by atoms with van der Waals surface area (Å²) in [6, 6.07) is 5.45. The second-order valence-electron chi connectivity index (χ2n) is 5.59. The lowest BCUT2D eigenvalue weighted by atomic mass is 10.1. The first kappa shape index (κ1) is 16.6. The number of guanidine groups is 1. The van der Waals surface area contributed by atoms with Crippen LogP contribution in [-0.4, -0.2) is 71.7 Å². The van der Waals surface area contributed by atoms with E-state index in [9.17, 15) is 14.4 Å². The highest BCUT2D eigenvalue weighted by Crippen LogP contribution is 2.25. The SMILES string of the molecule is COc1ccc(NC2=NC3C(C(=O)NC(=O)N3C)N2CC(=O)O)cc1. The van der Waals surface area contributed by atoms with Gasteiger partial charge in [-0.1, -0.05) is 0 Å². The Kier molecular flexibility index (Phi) is 4.17. The number of carboxylic acid groups (broad SMARTS) is 1. The first-order valence-corrected chi connectivity index (χ1v) is 7.45. The molecule has 1 fully saturated rings. The first-order chi connectivity index (χ1) is 11.9. The second kappa shape index (κ2) is 6.30. The molecule has 0 aliphatic carbocycles. The molecule has 0 saturated carbocycles. The quantitative estimate of drug-likeness (QED) is 0.685. The maximum absolute atomic E-state index is 12.2. The summed E-state index contributed by atoms with van der Waals surface area (Å²) in [4.78, 5) is 42.1. The number of carbonyl (C=O) groups is 3. The number of nitrogens with zero attached hydrogens (tertiary/aromatic N) is 3. The summed E-state index contributed by atoms with van der Waals surface area (Å²) >= 11 is 0. The van der Waals surface area contributed by atoms with Gasteiger partial charge in [-0.3, -0.25) is 14.9 Å². The third-order valence-corrected chi connectivity index (χ3v) is 4.01. The molecule has 2 atom stereocenters. The van der Waals surface area contributed by atoms with Crippen LogP contribution in [0.15, 0.2) is 29.3 Å². The van der Waals surface area contributed by atoms with Gasteiger partial charge in [0.2, 0.25) is 5.96 Å². The standard InChI is InChI=1S/C15H17N5O5/c1-19-12-11(13(23)18-15(19)24)20(7-10(21)22)14(17-12)16-8-3-5-9(25-2)6-4-8/h3-6,11-12H,7H2,1-2H3,(H,16,17)(H,21,22)(H,18,23,24). The molecule has 2 aliphatic heterocycles. The Morgan fingerprint density at radius 3 is 2.64 bits per heavy atom. The lowest BCUT2D eigenvalue weighted by Crippen LogP contribution is -2.64. The van der Waals surface area contributed by atoms with Crippen molar-refractivity contribution < 1.29 is 24.2 Å². The highest BCUT2D eigenvalue weighted by molar-refractivity contribution is 6.06.